The summed E-state index contributed by atoms with van der Waals surface area (Å²) in [5.74, 6) is 0.459. The number of aromatic nitrogens is 5. The Morgan fingerprint density at radius 3 is 2.71 bits per heavy atom. The van der Waals surface area contributed by atoms with E-state index in [-0.39, 0.29) is 18.1 Å². The van der Waals surface area contributed by atoms with Crippen LogP contribution in [0, 0.1) is 13.8 Å². The summed E-state index contributed by atoms with van der Waals surface area (Å²) in [6.45, 7) is 10.2. The molecule has 0 saturated heterocycles. The van der Waals surface area contributed by atoms with Gasteiger partial charge in [0.25, 0.3) is 0 Å². The highest BCUT2D eigenvalue weighted by atomic mass is 32.1. The summed E-state index contributed by atoms with van der Waals surface area (Å²) in [4.78, 5) is 19.3. The fourth-order valence-electron chi connectivity index (χ4n) is 2.55. The van der Waals surface area contributed by atoms with Crippen molar-refractivity contribution in [1.82, 2.24) is 30.5 Å². The van der Waals surface area contributed by atoms with Gasteiger partial charge in [-0.05, 0) is 45.4 Å². The van der Waals surface area contributed by atoms with E-state index in [4.69, 9.17) is 0 Å². The number of nitrogens with one attached hydrogen (secondary N) is 2. The molecular formula is C19H25N7OS. The molecule has 0 spiro atoms. The van der Waals surface area contributed by atoms with Gasteiger partial charge in [0.05, 0.1) is 17.8 Å². The Hall–Kier alpha value is -2.81. The molecule has 0 unspecified atom stereocenters. The van der Waals surface area contributed by atoms with Crippen LogP contribution in [0.15, 0.2) is 24.3 Å². The number of carbonyl (C=O) groups is 1. The third kappa shape index (κ3) is 5.13. The number of hydrogen-bond donors (Lipinski definition) is 2. The monoisotopic (exact) mass is 399 g/mol. The highest BCUT2D eigenvalue weighted by Crippen LogP contribution is 2.25. The molecule has 0 saturated carbocycles. The van der Waals surface area contributed by atoms with Gasteiger partial charge in [-0.15, -0.1) is 21.5 Å². The van der Waals surface area contributed by atoms with Crippen LogP contribution in [0.4, 0.5) is 9.93 Å². The zero-order valence-electron chi connectivity index (χ0n) is 16.8. The minimum Gasteiger partial charge on any atom is -0.330 e. The normalized spacial score (nSPS) is 11.5. The Bertz CT molecular complexity index is 971. The van der Waals surface area contributed by atoms with E-state index in [1.54, 1.807) is 0 Å². The van der Waals surface area contributed by atoms with E-state index in [0.717, 1.165) is 17.0 Å². The molecule has 2 amide bonds. The number of anilines is 1. The van der Waals surface area contributed by atoms with Crippen LogP contribution in [0.1, 0.15) is 48.3 Å². The number of benzene rings is 1. The molecule has 0 aliphatic rings. The lowest BCUT2D eigenvalue weighted by atomic mass is 10.1. The zero-order chi connectivity index (χ0) is 20.3. The average molecular weight is 400 g/mol. The molecule has 0 atom stereocenters. The van der Waals surface area contributed by atoms with Crippen LogP contribution >= 0.6 is 11.3 Å². The molecule has 148 valence electrons. The van der Waals surface area contributed by atoms with E-state index in [1.165, 1.54) is 27.3 Å². The number of nitrogens with zero attached hydrogens (tertiary/aromatic N) is 5. The molecule has 0 bridgehead atoms. The fraction of sp³-hybridized carbons (Fsp3) is 0.421. The Morgan fingerprint density at radius 1 is 1.25 bits per heavy atom. The van der Waals surface area contributed by atoms with Crippen molar-refractivity contribution < 1.29 is 4.79 Å². The Morgan fingerprint density at radius 2 is 2.04 bits per heavy atom. The summed E-state index contributed by atoms with van der Waals surface area (Å²) in [5, 5.41) is 18.3. The maximum atomic E-state index is 12.2. The first-order valence-electron chi connectivity index (χ1n) is 9.07. The highest BCUT2D eigenvalue weighted by Gasteiger charge is 2.17. The first-order valence-corrected chi connectivity index (χ1v) is 9.88. The van der Waals surface area contributed by atoms with E-state index >= 15 is 0 Å². The molecule has 9 heteroatoms. The van der Waals surface area contributed by atoms with Crippen molar-refractivity contribution in [3.05, 3.63) is 51.8 Å². The van der Waals surface area contributed by atoms with Gasteiger partial charge in [0.1, 0.15) is 0 Å². The largest absolute Gasteiger partial charge is 0.330 e. The lowest BCUT2D eigenvalue weighted by Gasteiger charge is -2.15. The van der Waals surface area contributed by atoms with Crippen LogP contribution in [-0.2, 0) is 18.5 Å². The molecular weight excluding hydrogens is 374 g/mol. The molecule has 0 radical (unpaired) electrons. The summed E-state index contributed by atoms with van der Waals surface area (Å²) in [5.41, 5.74) is 3.14. The molecule has 2 heterocycles. The minimum absolute atomic E-state index is 0.197. The zero-order valence-corrected chi connectivity index (χ0v) is 17.6. The predicted molar refractivity (Wildman–Crippen MR) is 110 cm³/mol. The van der Waals surface area contributed by atoms with E-state index in [9.17, 15) is 4.79 Å². The van der Waals surface area contributed by atoms with E-state index in [0.29, 0.717) is 11.0 Å². The van der Waals surface area contributed by atoms with Crippen LogP contribution in [0.5, 0.6) is 0 Å². The van der Waals surface area contributed by atoms with Gasteiger partial charge in [0.2, 0.25) is 0 Å². The van der Waals surface area contributed by atoms with Gasteiger partial charge < -0.3 is 5.32 Å². The summed E-state index contributed by atoms with van der Waals surface area (Å²) < 4.78 is 0. The van der Waals surface area contributed by atoms with E-state index in [2.05, 4.69) is 62.2 Å². The third-order valence-electron chi connectivity index (χ3n) is 4.02. The second kappa shape index (κ2) is 8.05. The van der Waals surface area contributed by atoms with E-state index < -0.39 is 0 Å². The fourth-order valence-corrected chi connectivity index (χ4v) is 3.54. The van der Waals surface area contributed by atoms with Crippen LogP contribution in [0.25, 0.3) is 0 Å². The van der Waals surface area contributed by atoms with Gasteiger partial charge in [-0.1, -0.05) is 29.8 Å². The number of aryl methyl sites for hydroxylation is 2. The molecule has 3 aromatic rings. The van der Waals surface area contributed by atoms with Crippen molar-refractivity contribution in [1.29, 1.82) is 0 Å². The number of thiazole rings is 1. The molecule has 8 nitrogen and oxygen atoms in total. The predicted octanol–water partition coefficient (Wildman–Crippen LogP) is 3.41. The molecule has 0 aliphatic heterocycles. The molecule has 2 N–H and O–H groups in total. The lowest BCUT2D eigenvalue weighted by molar-refractivity contribution is 0.251. The van der Waals surface area contributed by atoms with Crippen molar-refractivity contribution >= 4 is 22.5 Å². The summed E-state index contributed by atoms with van der Waals surface area (Å²) in [7, 11) is 0. The van der Waals surface area contributed by atoms with Crippen molar-refractivity contribution in [3.63, 3.8) is 0 Å². The second-order valence-electron chi connectivity index (χ2n) is 7.67. The minimum atomic E-state index is -0.344. The van der Waals surface area contributed by atoms with Gasteiger partial charge in [-0.2, -0.15) is 4.80 Å². The number of carbonyl (C=O) groups excluding carboxylic acids is 1. The maximum Gasteiger partial charge on any atom is 0.321 e. The van der Waals surface area contributed by atoms with Gasteiger partial charge >= 0.3 is 6.03 Å². The first kappa shape index (κ1) is 19.9. The van der Waals surface area contributed by atoms with Crippen LogP contribution in [0.3, 0.4) is 0 Å². The number of amides is 2. The van der Waals surface area contributed by atoms with Crippen molar-refractivity contribution in [2.24, 2.45) is 0 Å². The van der Waals surface area contributed by atoms with Crippen molar-refractivity contribution in [2.45, 2.75) is 53.1 Å². The molecule has 1 aromatic carbocycles. The topological polar surface area (TPSA) is 97.6 Å². The van der Waals surface area contributed by atoms with Crippen LogP contribution < -0.4 is 10.6 Å². The quantitative estimate of drug-likeness (QED) is 0.685. The highest BCUT2D eigenvalue weighted by molar-refractivity contribution is 7.15. The van der Waals surface area contributed by atoms with Crippen LogP contribution in [-0.4, -0.2) is 31.2 Å². The van der Waals surface area contributed by atoms with Crippen molar-refractivity contribution in [3.8, 4) is 0 Å². The summed E-state index contributed by atoms with van der Waals surface area (Å²) >= 11 is 1.49. The van der Waals surface area contributed by atoms with Gasteiger partial charge in [0.15, 0.2) is 11.0 Å². The number of hydrogen-bond acceptors (Lipinski definition) is 6. The van der Waals surface area contributed by atoms with Crippen LogP contribution in [0.2, 0.25) is 0 Å². The van der Waals surface area contributed by atoms with Gasteiger partial charge in [-0.3, -0.25) is 5.32 Å². The lowest BCUT2D eigenvalue weighted by Crippen LogP contribution is -2.29. The van der Waals surface area contributed by atoms with E-state index in [1.807, 2.05) is 27.7 Å². The maximum absolute atomic E-state index is 12.2. The first-order chi connectivity index (χ1) is 13.2. The third-order valence-corrected chi connectivity index (χ3v) is 5.10. The molecule has 0 aliphatic carbocycles. The molecule has 28 heavy (non-hydrogen) atoms. The summed E-state index contributed by atoms with van der Waals surface area (Å²) in [6, 6.07) is 8.05. The molecule has 2 aromatic heterocycles. The molecule has 0 fully saturated rings. The Kier molecular flexibility index (Phi) is 5.73. The number of urea groups is 1. The smallest absolute Gasteiger partial charge is 0.321 e. The Balaban J connectivity index is 1.56. The van der Waals surface area contributed by atoms with Crippen molar-refractivity contribution in [2.75, 3.05) is 5.32 Å². The Labute approximate surface area is 168 Å². The second-order valence-corrected chi connectivity index (χ2v) is 8.75. The standard InChI is InChI=1S/C19H25N7OS/c1-12-7-6-8-14(9-12)10-15-13(2)21-18(28-15)22-17(27)20-11-16-23-25-26(24-16)19(3,4)5/h6-9H,10-11H2,1-5H3,(H2,20,21,22,27). The summed E-state index contributed by atoms with van der Waals surface area (Å²) in [6.07, 6.45) is 0.800. The SMILES string of the molecule is Cc1cccc(Cc2sc(NC(=O)NCc3nnn(C(C)(C)C)n3)nc2C)c1. The van der Waals surface area contributed by atoms with Gasteiger partial charge in [-0.25, -0.2) is 9.78 Å². The van der Waals surface area contributed by atoms with Gasteiger partial charge in [0, 0.05) is 11.3 Å². The number of rotatable bonds is 5. The average Bonchev–Trinajstić information content (AvgIpc) is 3.20. The molecule has 3 rings (SSSR count). The number of tetrazole rings is 1.